The molecule has 1 unspecified atom stereocenters. The summed E-state index contributed by atoms with van der Waals surface area (Å²) in [6.07, 6.45) is 11.1. The number of Topliss-reactive ketones (excluding diaryl/α,β-unsaturated/α-hetero) is 1. The largest absolute Gasteiger partial charge is 0.458 e. The van der Waals surface area contributed by atoms with Crippen LogP contribution in [0.2, 0.25) is 39.3 Å². The van der Waals surface area contributed by atoms with E-state index >= 15 is 0 Å². The molecular weight excluding hydrogens is 573 g/mol. The molecule has 0 radical (unpaired) electrons. The van der Waals surface area contributed by atoms with Crippen molar-refractivity contribution in [1.82, 2.24) is 9.97 Å². The van der Waals surface area contributed by atoms with Crippen molar-refractivity contribution < 1.29 is 23.2 Å². The Hall–Kier alpha value is -1.69. The minimum Gasteiger partial charge on any atom is -0.458 e. The topological polar surface area (TPSA) is 87.6 Å². The van der Waals surface area contributed by atoms with Crippen molar-refractivity contribution >= 4 is 34.5 Å². The maximum absolute atomic E-state index is 14.4. The van der Waals surface area contributed by atoms with Gasteiger partial charge in [0.05, 0.1) is 18.6 Å². The molecular formula is C34H58N2O5Si2. The lowest BCUT2D eigenvalue weighted by atomic mass is 9.73. The van der Waals surface area contributed by atoms with Crippen molar-refractivity contribution in [2.24, 2.45) is 28.6 Å². The normalized spacial score (nSPS) is 33.4. The van der Waals surface area contributed by atoms with Gasteiger partial charge >= 0.3 is 5.97 Å². The Bertz CT molecular complexity index is 1140. The van der Waals surface area contributed by atoms with E-state index < -0.39 is 28.2 Å². The number of carbonyl (C=O) groups is 2. The monoisotopic (exact) mass is 630 g/mol. The van der Waals surface area contributed by atoms with Gasteiger partial charge in [-0.25, -0.2) is 9.97 Å². The Morgan fingerprint density at radius 3 is 2.19 bits per heavy atom. The predicted octanol–water partition coefficient (Wildman–Crippen LogP) is 8.09. The molecule has 2 aliphatic rings. The third-order valence-electron chi connectivity index (χ3n) is 9.45. The van der Waals surface area contributed by atoms with E-state index in [2.05, 4.69) is 63.1 Å². The van der Waals surface area contributed by atoms with Gasteiger partial charge in [-0.15, -0.1) is 0 Å². The first-order valence-electron chi connectivity index (χ1n) is 16.2. The van der Waals surface area contributed by atoms with Crippen LogP contribution in [0.4, 0.5) is 0 Å². The minimum absolute atomic E-state index is 0.0327. The van der Waals surface area contributed by atoms with Gasteiger partial charge in [0.25, 0.3) is 0 Å². The molecule has 1 aliphatic carbocycles. The highest BCUT2D eigenvalue weighted by Gasteiger charge is 2.51. The smallest absolute Gasteiger partial charge is 0.309 e. The molecule has 1 saturated heterocycles. The summed E-state index contributed by atoms with van der Waals surface area (Å²) in [6, 6.07) is 0. The first-order valence-corrected chi connectivity index (χ1v) is 23.1. The van der Waals surface area contributed by atoms with Gasteiger partial charge in [0.1, 0.15) is 18.2 Å². The van der Waals surface area contributed by atoms with Crippen LogP contribution in [-0.2, 0) is 23.2 Å². The average molecular weight is 631 g/mol. The average Bonchev–Trinajstić information content (AvgIpc) is 3.52. The molecule has 7 atom stereocenters. The summed E-state index contributed by atoms with van der Waals surface area (Å²) >= 11 is 0. The van der Waals surface area contributed by atoms with Crippen LogP contribution in [0.5, 0.6) is 0 Å². The lowest BCUT2D eigenvalue weighted by Gasteiger charge is -2.41. The third-order valence-corrected chi connectivity index (χ3v) is 11.4. The number of fused-ring (bicyclic) bond motifs is 1. The first kappa shape index (κ1) is 35.8. The van der Waals surface area contributed by atoms with Gasteiger partial charge in [-0.2, -0.15) is 0 Å². The molecule has 2 fully saturated rings. The van der Waals surface area contributed by atoms with Crippen LogP contribution >= 0.6 is 0 Å². The maximum Gasteiger partial charge on any atom is 0.309 e. The Morgan fingerprint density at radius 1 is 1.00 bits per heavy atom. The molecule has 0 N–H and O–H groups in total. The number of aromatic nitrogens is 2. The van der Waals surface area contributed by atoms with Crippen LogP contribution in [0.3, 0.4) is 0 Å². The zero-order valence-electron chi connectivity index (χ0n) is 29.0. The Morgan fingerprint density at radius 2 is 1.60 bits per heavy atom. The fraction of sp³-hybridized carbons (Fsp3) is 0.765. The van der Waals surface area contributed by atoms with E-state index in [9.17, 15) is 9.59 Å². The summed E-state index contributed by atoms with van der Waals surface area (Å²) in [6.45, 7) is 25.4. The minimum atomic E-state index is -2.12. The SMILES string of the molecule is C/C(=C\c1cncnc1)[C@@H]1C[C@@H]2C[C@]2(C)CCC[C@H](C)C(O[Si](C)(C)C)[C@@H](C)C(=O)C(C)(C)[C@@H](O[Si](C)(C)C)CC(=O)O1. The number of carbonyl (C=O) groups excluding carboxylic acids is 2. The quantitative estimate of drug-likeness (QED) is 0.232. The molecule has 3 rings (SSSR count). The van der Waals surface area contributed by atoms with Crippen molar-refractivity contribution in [1.29, 1.82) is 0 Å². The van der Waals surface area contributed by atoms with Gasteiger partial charge < -0.3 is 13.6 Å². The molecule has 0 aromatic carbocycles. The number of ketones is 1. The van der Waals surface area contributed by atoms with Crippen LogP contribution in [0.1, 0.15) is 85.6 Å². The second-order valence-electron chi connectivity index (χ2n) is 16.2. The zero-order valence-corrected chi connectivity index (χ0v) is 31.0. The molecule has 1 aromatic rings. The van der Waals surface area contributed by atoms with Crippen LogP contribution in [-0.4, -0.2) is 56.7 Å². The van der Waals surface area contributed by atoms with E-state index in [1.807, 2.05) is 33.8 Å². The lowest BCUT2D eigenvalue weighted by molar-refractivity contribution is -0.153. The fourth-order valence-electron chi connectivity index (χ4n) is 6.74. The molecule has 242 valence electrons. The molecule has 7 nitrogen and oxygen atoms in total. The molecule has 9 heteroatoms. The summed E-state index contributed by atoms with van der Waals surface area (Å²) in [5, 5.41) is 0. The molecule has 0 amide bonds. The van der Waals surface area contributed by atoms with Crippen LogP contribution in [0.15, 0.2) is 24.3 Å². The third kappa shape index (κ3) is 10.2. The number of hydrogen-bond donors (Lipinski definition) is 0. The van der Waals surface area contributed by atoms with E-state index in [-0.39, 0.29) is 47.6 Å². The van der Waals surface area contributed by atoms with Crippen molar-refractivity contribution in [2.45, 2.75) is 138 Å². The number of cyclic esters (lactones) is 1. The number of hydrogen-bond acceptors (Lipinski definition) is 7. The molecule has 2 heterocycles. The predicted molar refractivity (Wildman–Crippen MR) is 178 cm³/mol. The van der Waals surface area contributed by atoms with Gasteiger partial charge in [0.2, 0.25) is 0 Å². The van der Waals surface area contributed by atoms with Gasteiger partial charge in [0, 0.05) is 29.3 Å². The molecule has 0 spiro atoms. The summed E-state index contributed by atoms with van der Waals surface area (Å²) in [5.74, 6) is 0.197. The van der Waals surface area contributed by atoms with Gasteiger partial charge in [0.15, 0.2) is 16.6 Å². The van der Waals surface area contributed by atoms with E-state index in [0.717, 1.165) is 43.2 Å². The van der Waals surface area contributed by atoms with Crippen molar-refractivity contribution in [2.75, 3.05) is 0 Å². The molecule has 1 saturated carbocycles. The Labute approximate surface area is 263 Å². The first-order chi connectivity index (χ1) is 19.7. The summed E-state index contributed by atoms with van der Waals surface area (Å²) in [5.41, 5.74) is 1.20. The molecule has 1 aromatic heterocycles. The Balaban J connectivity index is 2.00. The number of nitrogens with zero attached hydrogens (tertiary/aromatic N) is 2. The molecule has 0 bridgehead atoms. The second-order valence-corrected chi connectivity index (χ2v) is 25.1. The van der Waals surface area contributed by atoms with E-state index in [0.29, 0.717) is 5.92 Å². The zero-order chi connectivity index (χ0) is 32.4. The van der Waals surface area contributed by atoms with Crippen molar-refractivity contribution in [3.8, 4) is 0 Å². The van der Waals surface area contributed by atoms with Gasteiger partial charge in [-0.1, -0.05) is 41.0 Å². The molecule has 43 heavy (non-hydrogen) atoms. The maximum atomic E-state index is 14.4. The highest BCUT2D eigenvalue weighted by molar-refractivity contribution is 6.70. The number of rotatable bonds is 6. The van der Waals surface area contributed by atoms with Crippen molar-refractivity contribution in [3.63, 3.8) is 0 Å². The van der Waals surface area contributed by atoms with Crippen LogP contribution in [0, 0.1) is 28.6 Å². The standard InChI is InChI=1S/C34H58N2O5Si2/c1-23-14-13-15-34(6)19-27(34)17-28(24(2)16-26-20-35-22-36-21-26)39-30(37)18-29(40-42(7,8)9)33(4,5)32(38)25(3)31(23)41-43(10,11)12/h16,20-23,25,27-29,31H,13-15,17-19H2,1-12H3/b24-16+/t23-,25+,27+,28-,29-,31?,34-/m0/s1. The summed E-state index contributed by atoms with van der Waals surface area (Å²) in [7, 11) is -4.04. The Kier molecular flexibility index (Phi) is 11.4. The van der Waals surface area contributed by atoms with E-state index in [4.69, 9.17) is 13.6 Å². The summed E-state index contributed by atoms with van der Waals surface area (Å²) < 4.78 is 19.7. The second kappa shape index (κ2) is 13.8. The highest BCUT2D eigenvalue weighted by Crippen LogP contribution is 2.58. The van der Waals surface area contributed by atoms with Crippen LogP contribution < -0.4 is 0 Å². The molecule has 1 aliphatic heterocycles. The van der Waals surface area contributed by atoms with Crippen LogP contribution in [0.25, 0.3) is 6.08 Å². The van der Waals surface area contributed by atoms with E-state index in [1.54, 1.807) is 12.4 Å². The highest BCUT2D eigenvalue weighted by atomic mass is 28.4. The van der Waals surface area contributed by atoms with Crippen molar-refractivity contribution in [3.05, 3.63) is 29.9 Å². The fourth-order valence-corrected chi connectivity index (χ4v) is 9.22. The van der Waals surface area contributed by atoms with Gasteiger partial charge in [-0.05, 0) is 101 Å². The van der Waals surface area contributed by atoms with Gasteiger partial charge in [-0.3, -0.25) is 9.59 Å². The number of esters is 1. The lowest BCUT2D eigenvalue weighted by Crippen LogP contribution is -2.51. The summed E-state index contributed by atoms with van der Waals surface area (Å²) in [4.78, 5) is 36.4. The van der Waals surface area contributed by atoms with E-state index in [1.165, 1.54) is 6.33 Å². The number of ether oxygens (including phenoxy) is 1.